The first-order valence-electron chi connectivity index (χ1n) is 4.82. The van der Waals surface area contributed by atoms with Crippen molar-refractivity contribution in [3.63, 3.8) is 0 Å². The highest BCUT2D eigenvalue weighted by atomic mass is 32.2. The molecule has 0 spiro atoms. The van der Waals surface area contributed by atoms with Crippen LogP contribution in [0.1, 0.15) is 26.2 Å². The summed E-state index contributed by atoms with van der Waals surface area (Å²) in [6.45, 7) is 4.10. The Morgan fingerprint density at radius 1 is 1.50 bits per heavy atom. The van der Waals surface area contributed by atoms with Crippen molar-refractivity contribution < 1.29 is 4.74 Å². The number of nitrogens with one attached hydrogen (secondary N) is 1. The molecule has 0 aromatic carbocycles. The maximum Gasteiger partial charge on any atom is 0.128 e. The molecule has 0 aromatic rings. The molecule has 0 aliphatic carbocycles. The third-order valence-electron chi connectivity index (χ3n) is 2.77. The maximum absolute atomic E-state index is 5.75. The van der Waals surface area contributed by atoms with Gasteiger partial charge in [-0.25, -0.2) is 0 Å². The zero-order valence-electron chi connectivity index (χ0n) is 7.64. The predicted molar refractivity (Wildman–Crippen MR) is 52.5 cm³/mol. The molecule has 0 aromatic heterocycles. The van der Waals surface area contributed by atoms with Crippen LogP contribution in [0.25, 0.3) is 0 Å². The van der Waals surface area contributed by atoms with Crippen molar-refractivity contribution in [3.8, 4) is 0 Å². The Morgan fingerprint density at radius 2 is 2.42 bits per heavy atom. The van der Waals surface area contributed by atoms with Gasteiger partial charge in [0.15, 0.2) is 0 Å². The first-order valence-corrected chi connectivity index (χ1v) is 5.87. The number of thioether (sulfide) groups is 1. The quantitative estimate of drug-likeness (QED) is 0.674. The van der Waals surface area contributed by atoms with E-state index in [1.165, 1.54) is 25.0 Å². The third-order valence-corrected chi connectivity index (χ3v) is 4.39. The molecule has 2 aliphatic heterocycles. The summed E-state index contributed by atoms with van der Waals surface area (Å²) in [5, 5.41) is 4.13. The van der Waals surface area contributed by atoms with Crippen molar-refractivity contribution in [2.24, 2.45) is 0 Å². The molecule has 3 heteroatoms. The van der Waals surface area contributed by atoms with E-state index in [4.69, 9.17) is 4.74 Å². The fourth-order valence-corrected chi connectivity index (χ4v) is 3.45. The van der Waals surface area contributed by atoms with Gasteiger partial charge in [0, 0.05) is 11.8 Å². The number of hydrogen-bond acceptors (Lipinski definition) is 3. The highest BCUT2D eigenvalue weighted by Gasteiger charge is 2.38. The summed E-state index contributed by atoms with van der Waals surface area (Å²) in [4.78, 5) is 0. The molecule has 70 valence electrons. The zero-order chi connectivity index (χ0) is 8.44. The van der Waals surface area contributed by atoms with Gasteiger partial charge in [0.1, 0.15) is 5.72 Å². The number of rotatable bonds is 1. The van der Waals surface area contributed by atoms with E-state index < -0.39 is 0 Å². The summed E-state index contributed by atoms with van der Waals surface area (Å²) < 4.78 is 5.75. The van der Waals surface area contributed by atoms with Crippen LogP contribution in [-0.4, -0.2) is 29.9 Å². The molecule has 2 fully saturated rings. The summed E-state index contributed by atoms with van der Waals surface area (Å²) >= 11 is 2.07. The molecule has 2 heterocycles. The van der Waals surface area contributed by atoms with Gasteiger partial charge in [0.25, 0.3) is 0 Å². The minimum Gasteiger partial charge on any atom is -0.358 e. The molecule has 2 unspecified atom stereocenters. The van der Waals surface area contributed by atoms with Gasteiger partial charge in [0.05, 0.1) is 6.61 Å². The van der Waals surface area contributed by atoms with Crippen LogP contribution in [0, 0.1) is 0 Å². The van der Waals surface area contributed by atoms with Crippen LogP contribution < -0.4 is 5.32 Å². The van der Waals surface area contributed by atoms with Gasteiger partial charge in [-0.2, -0.15) is 11.8 Å². The Balaban J connectivity index is 1.96. The lowest BCUT2D eigenvalue weighted by molar-refractivity contribution is 0.00228. The molecule has 2 atom stereocenters. The van der Waals surface area contributed by atoms with E-state index in [0.717, 1.165) is 13.2 Å². The monoisotopic (exact) mass is 187 g/mol. The molecular weight excluding hydrogens is 170 g/mol. The molecule has 1 N–H and O–H groups in total. The van der Waals surface area contributed by atoms with E-state index in [1.807, 2.05) is 0 Å². The lowest BCUT2D eigenvalue weighted by Gasteiger charge is -2.35. The van der Waals surface area contributed by atoms with Crippen LogP contribution in [0.4, 0.5) is 0 Å². The summed E-state index contributed by atoms with van der Waals surface area (Å²) in [7, 11) is 0. The van der Waals surface area contributed by atoms with Crippen LogP contribution in [-0.2, 0) is 4.74 Å². The minimum absolute atomic E-state index is 0.0227. The van der Waals surface area contributed by atoms with Gasteiger partial charge in [-0.15, -0.1) is 0 Å². The van der Waals surface area contributed by atoms with Crippen LogP contribution in [0.2, 0.25) is 0 Å². The van der Waals surface area contributed by atoms with Crippen molar-refractivity contribution in [2.45, 2.75) is 37.2 Å². The Labute approximate surface area is 78.4 Å². The molecule has 0 saturated carbocycles. The second kappa shape index (κ2) is 3.56. The first-order chi connectivity index (χ1) is 5.81. The highest BCUT2D eigenvalue weighted by molar-refractivity contribution is 8.00. The minimum atomic E-state index is -0.0227. The molecule has 0 bridgehead atoms. The SMILES string of the molecule is CC1(C2CCCCS2)NCCO1. The smallest absolute Gasteiger partial charge is 0.128 e. The maximum atomic E-state index is 5.75. The predicted octanol–water partition coefficient (Wildman–Crippen LogP) is 1.61. The summed E-state index contributed by atoms with van der Waals surface area (Å²) in [5.41, 5.74) is -0.0227. The van der Waals surface area contributed by atoms with E-state index in [2.05, 4.69) is 24.0 Å². The number of ether oxygens (including phenoxy) is 1. The van der Waals surface area contributed by atoms with Gasteiger partial charge < -0.3 is 4.74 Å². The Kier molecular flexibility index (Phi) is 2.63. The summed E-state index contributed by atoms with van der Waals surface area (Å²) in [6.07, 6.45) is 4.07. The van der Waals surface area contributed by atoms with E-state index in [9.17, 15) is 0 Å². The van der Waals surface area contributed by atoms with Gasteiger partial charge in [-0.05, 0) is 25.5 Å². The highest BCUT2D eigenvalue weighted by Crippen LogP contribution is 2.34. The largest absolute Gasteiger partial charge is 0.358 e. The topological polar surface area (TPSA) is 21.3 Å². The van der Waals surface area contributed by atoms with Gasteiger partial charge in [-0.1, -0.05) is 6.42 Å². The molecule has 0 radical (unpaired) electrons. The standard InChI is InChI=1S/C9H17NOS/c1-9(10-5-6-11-9)8-4-2-3-7-12-8/h8,10H,2-7H2,1H3. The Morgan fingerprint density at radius 3 is 3.00 bits per heavy atom. The molecular formula is C9H17NOS. The lowest BCUT2D eigenvalue weighted by Crippen LogP contribution is -2.48. The van der Waals surface area contributed by atoms with E-state index >= 15 is 0 Å². The molecule has 2 rings (SSSR count). The van der Waals surface area contributed by atoms with E-state index in [0.29, 0.717) is 5.25 Å². The van der Waals surface area contributed by atoms with Crippen LogP contribution in [0.5, 0.6) is 0 Å². The van der Waals surface area contributed by atoms with Gasteiger partial charge in [-0.3, -0.25) is 5.32 Å². The summed E-state index contributed by atoms with van der Waals surface area (Å²) in [6, 6.07) is 0. The average molecular weight is 187 g/mol. The average Bonchev–Trinajstić information content (AvgIpc) is 2.55. The fourth-order valence-electron chi connectivity index (χ4n) is 2.00. The molecule has 2 aliphatic rings. The second-order valence-electron chi connectivity index (χ2n) is 3.74. The Bertz CT molecular complexity index is 151. The van der Waals surface area contributed by atoms with Crippen molar-refractivity contribution in [1.29, 1.82) is 0 Å². The van der Waals surface area contributed by atoms with Crippen LogP contribution in [0.3, 0.4) is 0 Å². The molecule has 12 heavy (non-hydrogen) atoms. The normalized spacial score (nSPS) is 43.2. The van der Waals surface area contributed by atoms with E-state index in [-0.39, 0.29) is 5.72 Å². The third kappa shape index (κ3) is 1.63. The summed E-state index contributed by atoms with van der Waals surface area (Å²) in [5.74, 6) is 1.31. The van der Waals surface area contributed by atoms with Crippen molar-refractivity contribution >= 4 is 11.8 Å². The molecule has 2 nitrogen and oxygen atoms in total. The van der Waals surface area contributed by atoms with Crippen LogP contribution >= 0.6 is 11.8 Å². The van der Waals surface area contributed by atoms with Crippen molar-refractivity contribution in [2.75, 3.05) is 18.9 Å². The van der Waals surface area contributed by atoms with Crippen LogP contribution in [0.15, 0.2) is 0 Å². The van der Waals surface area contributed by atoms with Gasteiger partial charge in [0.2, 0.25) is 0 Å². The molecule has 0 amide bonds. The van der Waals surface area contributed by atoms with Crippen molar-refractivity contribution in [1.82, 2.24) is 5.32 Å². The Hall–Kier alpha value is 0.270. The lowest BCUT2D eigenvalue weighted by atomic mass is 10.1. The first kappa shape index (κ1) is 8.85. The number of hydrogen-bond donors (Lipinski definition) is 1. The molecule has 2 saturated heterocycles. The van der Waals surface area contributed by atoms with E-state index in [1.54, 1.807) is 0 Å². The second-order valence-corrected chi connectivity index (χ2v) is 5.05. The fraction of sp³-hybridized carbons (Fsp3) is 1.00. The van der Waals surface area contributed by atoms with Gasteiger partial charge >= 0.3 is 0 Å². The zero-order valence-corrected chi connectivity index (χ0v) is 8.45. The van der Waals surface area contributed by atoms with Crippen molar-refractivity contribution in [3.05, 3.63) is 0 Å².